The SMILES string of the molecule is COc1ccccc1-c1nnc2n1CCCC2CO. The second-order valence-electron chi connectivity index (χ2n) is 4.76. The van der Waals surface area contributed by atoms with Crippen LogP contribution in [0.2, 0.25) is 0 Å². The molecule has 3 rings (SSSR count). The lowest BCUT2D eigenvalue weighted by Crippen LogP contribution is -2.19. The minimum atomic E-state index is 0.102. The number of aromatic nitrogens is 3. The van der Waals surface area contributed by atoms with Crippen LogP contribution in [0, 0.1) is 0 Å². The Labute approximate surface area is 111 Å². The molecule has 0 saturated carbocycles. The number of aliphatic hydroxyl groups excluding tert-OH is 1. The fourth-order valence-electron chi connectivity index (χ4n) is 2.66. The Bertz CT molecular complexity index is 580. The van der Waals surface area contributed by atoms with E-state index in [9.17, 15) is 5.11 Å². The number of nitrogens with zero attached hydrogens (tertiary/aromatic N) is 3. The molecule has 0 amide bonds. The van der Waals surface area contributed by atoms with Crippen molar-refractivity contribution in [2.45, 2.75) is 25.3 Å². The van der Waals surface area contributed by atoms with Gasteiger partial charge in [-0.25, -0.2) is 0 Å². The molecule has 0 fully saturated rings. The van der Waals surface area contributed by atoms with E-state index in [2.05, 4.69) is 14.8 Å². The van der Waals surface area contributed by atoms with Crippen LogP contribution in [-0.2, 0) is 6.54 Å². The quantitative estimate of drug-likeness (QED) is 0.913. The maximum atomic E-state index is 9.41. The Morgan fingerprint density at radius 2 is 2.21 bits per heavy atom. The molecule has 1 atom stereocenters. The number of rotatable bonds is 3. The van der Waals surface area contributed by atoms with Crippen molar-refractivity contribution in [1.29, 1.82) is 0 Å². The summed E-state index contributed by atoms with van der Waals surface area (Å²) in [6.45, 7) is 1.02. The highest BCUT2D eigenvalue weighted by atomic mass is 16.5. The molecule has 1 aromatic heterocycles. The van der Waals surface area contributed by atoms with E-state index in [0.29, 0.717) is 0 Å². The Kier molecular flexibility index (Phi) is 3.21. The number of ether oxygens (including phenoxy) is 1. The van der Waals surface area contributed by atoms with Gasteiger partial charge in [0.15, 0.2) is 5.82 Å². The smallest absolute Gasteiger partial charge is 0.167 e. The van der Waals surface area contributed by atoms with Crippen LogP contribution in [0.25, 0.3) is 11.4 Å². The van der Waals surface area contributed by atoms with E-state index >= 15 is 0 Å². The molecule has 0 spiro atoms. The summed E-state index contributed by atoms with van der Waals surface area (Å²) in [5, 5.41) is 18.0. The molecule has 0 bridgehead atoms. The predicted molar refractivity (Wildman–Crippen MR) is 71.1 cm³/mol. The van der Waals surface area contributed by atoms with Crippen LogP contribution in [0.3, 0.4) is 0 Å². The van der Waals surface area contributed by atoms with E-state index in [0.717, 1.165) is 42.3 Å². The third-order valence-electron chi connectivity index (χ3n) is 3.65. The average molecular weight is 259 g/mol. The fourth-order valence-corrected chi connectivity index (χ4v) is 2.66. The van der Waals surface area contributed by atoms with Crippen LogP contribution in [-0.4, -0.2) is 33.6 Å². The lowest BCUT2D eigenvalue weighted by atomic mass is 9.99. The van der Waals surface area contributed by atoms with E-state index in [1.807, 2.05) is 24.3 Å². The lowest BCUT2D eigenvalue weighted by Gasteiger charge is -2.22. The second-order valence-corrected chi connectivity index (χ2v) is 4.76. The van der Waals surface area contributed by atoms with Gasteiger partial charge in [-0.3, -0.25) is 0 Å². The summed E-state index contributed by atoms with van der Waals surface area (Å²) in [5.41, 5.74) is 0.947. The molecular formula is C14H17N3O2. The molecule has 100 valence electrons. The van der Waals surface area contributed by atoms with Crippen molar-refractivity contribution in [2.24, 2.45) is 0 Å². The van der Waals surface area contributed by atoms with Gasteiger partial charge in [0.05, 0.1) is 19.3 Å². The fraction of sp³-hybridized carbons (Fsp3) is 0.429. The number of hydrogen-bond acceptors (Lipinski definition) is 4. The minimum Gasteiger partial charge on any atom is -0.496 e. The molecule has 0 radical (unpaired) electrons. The van der Waals surface area contributed by atoms with Gasteiger partial charge >= 0.3 is 0 Å². The molecule has 1 N–H and O–H groups in total. The van der Waals surface area contributed by atoms with Crippen LogP contribution < -0.4 is 4.74 Å². The summed E-state index contributed by atoms with van der Waals surface area (Å²) < 4.78 is 7.48. The molecule has 1 unspecified atom stereocenters. The third kappa shape index (κ3) is 2.00. The Morgan fingerprint density at radius 1 is 1.37 bits per heavy atom. The molecule has 5 nitrogen and oxygen atoms in total. The maximum Gasteiger partial charge on any atom is 0.167 e. The number of fused-ring (bicyclic) bond motifs is 1. The molecule has 1 aliphatic rings. The zero-order chi connectivity index (χ0) is 13.2. The van der Waals surface area contributed by atoms with Gasteiger partial charge in [-0.15, -0.1) is 10.2 Å². The maximum absolute atomic E-state index is 9.41. The Morgan fingerprint density at radius 3 is 3.00 bits per heavy atom. The van der Waals surface area contributed by atoms with E-state index < -0.39 is 0 Å². The van der Waals surface area contributed by atoms with Gasteiger partial charge in [0.25, 0.3) is 0 Å². The van der Waals surface area contributed by atoms with E-state index in [4.69, 9.17) is 4.74 Å². The first kappa shape index (κ1) is 12.2. The van der Waals surface area contributed by atoms with Gasteiger partial charge in [-0.1, -0.05) is 12.1 Å². The number of methoxy groups -OCH3 is 1. The van der Waals surface area contributed by atoms with Gasteiger partial charge < -0.3 is 14.4 Å². The van der Waals surface area contributed by atoms with Gasteiger partial charge in [0.2, 0.25) is 0 Å². The summed E-state index contributed by atoms with van der Waals surface area (Å²) in [6.07, 6.45) is 2.01. The zero-order valence-electron chi connectivity index (χ0n) is 10.9. The third-order valence-corrected chi connectivity index (χ3v) is 3.65. The van der Waals surface area contributed by atoms with Crippen LogP contribution in [0.1, 0.15) is 24.6 Å². The Balaban J connectivity index is 2.09. The Hall–Kier alpha value is -1.88. The largest absolute Gasteiger partial charge is 0.496 e. The van der Waals surface area contributed by atoms with Crippen molar-refractivity contribution in [3.05, 3.63) is 30.1 Å². The summed E-state index contributed by atoms with van der Waals surface area (Å²) in [5.74, 6) is 2.61. The van der Waals surface area contributed by atoms with Crippen molar-refractivity contribution < 1.29 is 9.84 Å². The zero-order valence-corrected chi connectivity index (χ0v) is 10.9. The highest BCUT2D eigenvalue weighted by molar-refractivity contribution is 5.64. The molecule has 0 aliphatic carbocycles. The van der Waals surface area contributed by atoms with Crippen LogP contribution in [0.15, 0.2) is 24.3 Å². The monoisotopic (exact) mass is 259 g/mol. The minimum absolute atomic E-state index is 0.102. The standard InChI is InChI=1S/C14H17N3O2/c1-19-12-7-3-2-6-11(12)14-16-15-13-10(9-18)5-4-8-17(13)14/h2-3,6-7,10,18H,4-5,8-9H2,1H3. The average Bonchev–Trinajstić information content (AvgIpc) is 2.90. The van der Waals surface area contributed by atoms with Crippen molar-refractivity contribution in [3.63, 3.8) is 0 Å². The van der Waals surface area contributed by atoms with Gasteiger partial charge in [0, 0.05) is 12.5 Å². The number of para-hydroxylation sites is 1. The number of aliphatic hydroxyl groups is 1. The summed E-state index contributed by atoms with van der Waals surface area (Å²) in [4.78, 5) is 0. The van der Waals surface area contributed by atoms with Crippen LogP contribution >= 0.6 is 0 Å². The highest BCUT2D eigenvalue weighted by Crippen LogP contribution is 2.33. The first-order chi connectivity index (χ1) is 9.35. The highest BCUT2D eigenvalue weighted by Gasteiger charge is 2.26. The topological polar surface area (TPSA) is 60.2 Å². The molecule has 2 aromatic rings. The second kappa shape index (κ2) is 5.01. The summed E-state index contributed by atoms with van der Waals surface area (Å²) in [6, 6.07) is 7.81. The van der Waals surface area contributed by atoms with Crippen LogP contribution in [0.4, 0.5) is 0 Å². The molecule has 19 heavy (non-hydrogen) atoms. The van der Waals surface area contributed by atoms with Crippen molar-refractivity contribution in [1.82, 2.24) is 14.8 Å². The molecule has 1 aliphatic heterocycles. The van der Waals surface area contributed by atoms with E-state index in [1.54, 1.807) is 7.11 Å². The van der Waals surface area contributed by atoms with E-state index in [1.165, 1.54) is 0 Å². The number of benzene rings is 1. The van der Waals surface area contributed by atoms with Crippen molar-refractivity contribution in [2.75, 3.05) is 13.7 Å². The molecule has 0 saturated heterocycles. The van der Waals surface area contributed by atoms with Crippen LogP contribution in [0.5, 0.6) is 5.75 Å². The predicted octanol–water partition coefficient (Wildman–Crippen LogP) is 1.82. The lowest BCUT2D eigenvalue weighted by molar-refractivity contribution is 0.238. The van der Waals surface area contributed by atoms with Gasteiger partial charge in [-0.2, -0.15) is 0 Å². The normalized spacial score (nSPS) is 18.1. The summed E-state index contributed by atoms with van der Waals surface area (Å²) in [7, 11) is 1.66. The molecule has 5 heteroatoms. The molecule has 1 aromatic carbocycles. The van der Waals surface area contributed by atoms with Gasteiger partial charge in [0.1, 0.15) is 11.6 Å². The molecular weight excluding hydrogens is 242 g/mol. The van der Waals surface area contributed by atoms with Gasteiger partial charge in [-0.05, 0) is 25.0 Å². The van der Waals surface area contributed by atoms with Crippen molar-refractivity contribution in [3.8, 4) is 17.1 Å². The first-order valence-corrected chi connectivity index (χ1v) is 6.52. The first-order valence-electron chi connectivity index (χ1n) is 6.52. The summed E-state index contributed by atoms with van der Waals surface area (Å²) >= 11 is 0. The van der Waals surface area contributed by atoms with E-state index in [-0.39, 0.29) is 12.5 Å². The number of hydrogen-bond donors (Lipinski definition) is 1. The molecule has 2 heterocycles. The van der Waals surface area contributed by atoms with Crippen molar-refractivity contribution >= 4 is 0 Å².